The largest absolute Gasteiger partial charge is 0.356 e. The number of amides is 1. The molecule has 0 radical (unpaired) electrons. The van der Waals surface area contributed by atoms with Crippen LogP contribution in [0.3, 0.4) is 0 Å². The molecule has 0 bridgehead atoms. The van der Waals surface area contributed by atoms with Crippen LogP contribution in [0.15, 0.2) is 36.4 Å². The van der Waals surface area contributed by atoms with E-state index in [2.05, 4.69) is 23.5 Å². The van der Waals surface area contributed by atoms with E-state index < -0.39 is 0 Å². The molecule has 1 saturated heterocycles. The Labute approximate surface area is 99.1 Å². The molecule has 0 aromatic heterocycles. The second-order valence-electron chi connectivity index (χ2n) is 4.16. The third kappa shape index (κ3) is 1.65. The van der Waals surface area contributed by atoms with Crippen molar-refractivity contribution in [3.8, 4) is 0 Å². The van der Waals surface area contributed by atoms with Gasteiger partial charge in [-0.3, -0.25) is 4.79 Å². The van der Waals surface area contributed by atoms with Gasteiger partial charge in [0.15, 0.2) is 0 Å². The van der Waals surface area contributed by atoms with E-state index in [-0.39, 0.29) is 11.8 Å². The number of benzene rings is 1. The molecule has 1 fully saturated rings. The predicted molar refractivity (Wildman–Crippen MR) is 66.9 cm³/mol. The topological polar surface area (TPSA) is 29.1 Å². The molecule has 2 aliphatic rings. The first-order valence-electron chi connectivity index (χ1n) is 5.56. The van der Waals surface area contributed by atoms with Crippen LogP contribution in [0.5, 0.6) is 0 Å². The number of carbonyl (C=O) groups excluding carboxylic acids is 1. The molecule has 2 heterocycles. The number of nitrogens with one attached hydrogen (secondary N) is 1. The summed E-state index contributed by atoms with van der Waals surface area (Å²) < 4.78 is 0. The van der Waals surface area contributed by atoms with Crippen molar-refractivity contribution < 1.29 is 4.79 Å². The summed E-state index contributed by atoms with van der Waals surface area (Å²) in [6, 6.07) is 10.3. The first-order chi connectivity index (χ1) is 7.84. The number of hydrogen-bond donors (Lipinski definition) is 1. The van der Waals surface area contributed by atoms with Gasteiger partial charge < -0.3 is 5.32 Å². The highest BCUT2D eigenvalue weighted by molar-refractivity contribution is 8.09. The van der Waals surface area contributed by atoms with Gasteiger partial charge >= 0.3 is 0 Å². The molecule has 1 amide bonds. The molecular formula is C13H13NOS. The van der Waals surface area contributed by atoms with Gasteiger partial charge in [-0.25, -0.2) is 0 Å². The summed E-state index contributed by atoms with van der Waals surface area (Å²) in [4.78, 5) is 12.9. The molecule has 82 valence electrons. The summed E-state index contributed by atoms with van der Waals surface area (Å²) in [5, 5.41) is 3.38. The Morgan fingerprint density at radius 2 is 2.06 bits per heavy atom. The number of hydrogen-bond acceptors (Lipinski definition) is 2. The highest BCUT2D eigenvalue weighted by atomic mass is 32.2. The molecule has 2 aliphatic heterocycles. The van der Waals surface area contributed by atoms with Crippen LogP contribution in [0.2, 0.25) is 0 Å². The predicted octanol–water partition coefficient (Wildman–Crippen LogP) is 2.28. The molecule has 2 unspecified atom stereocenters. The van der Waals surface area contributed by atoms with Crippen molar-refractivity contribution >= 4 is 22.6 Å². The second kappa shape index (κ2) is 3.98. The zero-order valence-corrected chi connectivity index (χ0v) is 9.67. The Morgan fingerprint density at radius 3 is 2.81 bits per heavy atom. The molecule has 1 aromatic carbocycles. The third-order valence-electron chi connectivity index (χ3n) is 3.10. The molecule has 1 N–H and O–H groups in total. The lowest BCUT2D eigenvalue weighted by Gasteiger charge is -2.23. The molecule has 16 heavy (non-hydrogen) atoms. The third-order valence-corrected chi connectivity index (χ3v) is 4.56. The molecule has 3 heteroatoms. The van der Waals surface area contributed by atoms with E-state index in [0.717, 1.165) is 13.0 Å². The maximum absolute atomic E-state index is 11.7. The summed E-state index contributed by atoms with van der Waals surface area (Å²) in [6.07, 6.45) is 3.20. The van der Waals surface area contributed by atoms with Crippen LogP contribution >= 0.6 is 11.8 Å². The summed E-state index contributed by atoms with van der Waals surface area (Å²) in [7, 11) is 0. The molecule has 0 saturated carbocycles. The van der Waals surface area contributed by atoms with Gasteiger partial charge in [-0.1, -0.05) is 36.4 Å². The minimum absolute atomic E-state index is 0.0777. The lowest BCUT2D eigenvalue weighted by atomic mass is 9.97. The molecule has 0 aliphatic carbocycles. The molecule has 1 aromatic rings. The zero-order chi connectivity index (χ0) is 11.0. The van der Waals surface area contributed by atoms with Gasteiger partial charge in [-0.15, -0.1) is 11.8 Å². The molecule has 3 rings (SSSR count). The van der Waals surface area contributed by atoms with Crippen molar-refractivity contribution in [3.63, 3.8) is 0 Å². The number of piperidine rings is 1. The molecular weight excluding hydrogens is 218 g/mol. The van der Waals surface area contributed by atoms with Crippen molar-refractivity contribution in [2.24, 2.45) is 5.92 Å². The van der Waals surface area contributed by atoms with Crippen LogP contribution < -0.4 is 5.32 Å². The lowest BCUT2D eigenvalue weighted by Crippen LogP contribution is -2.41. The van der Waals surface area contributed by atoms with Crippen molar-refractivity contribution in [1.29, 1.82) is 0 Å². The monoisotopic (exact) mass is 231 g/mol. The second-order valence-corrected chi connectivity index (χ2v) is 5.44. The highest BCUT2D eigenvalue weighted by Crippen LogP contribution is 2.44. The first-order valence-corrected chi connectivity index (χ1v) is 6.44. The summed E-state index contributed by atoms with van der Waals surface area (Å²) in [5.74, 6) is 0.267. The summed E-state index contributed by atoms with van der Waals surface area (Å²) in [5.41, 5.74) is 1.23. The van der Waals surface area contributed by atoms with Gasteiger partial charge in [0.25, 0.3) is 0 Å². The Morgan fingerprint density at radius 1 is 1.25 bits per heavy atom. The van der Waals surface area contributed by atoms with E-state index in [4.69, 9.17) is 0 Å². The number of thioether (sulfide) groups is 1. The molecule has 2 atom stereocenters. The maximum atomic E-state index is 11.7. The SMILES string of the molecule is O=C1NCCC2SC(c3ccccc3)=CC12. The van der Waals surface area contributed by atoms with E-state index in [1.807, 2.05) is 30.0 Å². The van der Waals surface area contributed by atoms with Crippen LogP contribution in [-0.4, -0.2) is 17.7 Å². The van der Waals surface area contributed by atoms with E-state index in [1.165, 1.54) is 10.5 Å². The Bertz CT molecular complexity index is 441. The van der Waals surface area contributed by atoms with Gasteiger partial charge in [-0.2, -0.15) is 0 Å². The van der Waals surface area contributed by atoms with Crippen molar-refractivity contribution in [1.82, 2.24) is 5.32 Å². The summed E-state index contributed by atoms with van der Waals surface area (Å²) in [6.45, 7) is 0.822. The number of fused-ring (bicyclic) bond motifs is 1. The normalized spacial score (nSPS) is 28.2. The van der Waals surface area contributed by atoms with Crippen molar-refractivity contribution in [2.45, 2.75) is 11.7 Å². The fourth-order valence-corrected chi connectivity index (χ4v) is 3.66. The number of rotatable bonds is 1. The van der Waals surface area contributed by atoms with Crippen LogP contribution in [-0.2, 0) is 4.79 Å². The van der Waals surface area contributed by atoms with Crippen LogP contribution in [0.25, 0.3) is 4.91 Å². The van der Waals surface area contributed by atoms with E-state index in [0.29, 0.717) is 5.25 Å². The average molecular weight is 231 g/mol. The van der Waals surface area contributed by atoms with Crippen LogP contribution in [0.4, 0.5) is 0 Å². The number of carbonyl (C=O) groups is 1. The standard InChI is InChI=1S/C13H13NOS/c15-13-10-8-12(9-4-2-1-3-5-9)16-11(10)6-7-14-13/h1-5,8,10-11H,6-7H2,(H,14,15). The lowest BCUT2D eigenvalue weighted by molar-refractivity contribution is -0.124. The van der Waals surface area contributed by atoms with E-state index in [1.54, 1.807) is 0 Å². The van der Waals surface area contributed by atoms with Gasteiger partial charge in [0, 0.05) is 16.7 Å². The maximum Gasteiger partial charge on any atom is 0.228 e. The highest BCUT2D eigenvalue weighted by Gasteiger charge is 2.36. The van der Waals surface area contributed by atoms with Gasteiger partial charge in [0.2, 0.25) is 5.91 Å². The van der Waals surface area contributed by atoms with Crippen molar-refractivity contribution in [2.75, 3.05) is 6.54 Å². The fraction of sp³-hybridized carbons (Fsp3) is 0.308. The minimum Gasteiger partial charge on any atom is -0.356 e. The van der Waals surface area contributed by atoms with E-state index in [9.17, 15) is 4.79 Å². The summed E-state index contributed by atoms with van der Waals surface area (Å²) >= 11 is 1.85. The minimum atomic E-state index is 0.0777. The smallest absolute Gasteiger partial charge is 0.228 e. The van der Waals surface area contributed by atoms with Gasteiger partial charge in [0.05, 0.1) is 5.92 Å². The Balaban J connectivity index is 1.89. The van der Waals surface area contributed by atoms with Crippen LogP contribution in [0, 0.1) is 5.92 Å². The fourth-order valence-electron chi connectivity index (χ4n) is 2.25. The first kappa shape index (κ1) is 9.97. The Kier molecular flexibility index (Phi) is 2.48. The molecule has 0 spiro atoms. The van der Waals surface area contributed by atoms with Crippen LogP contribution in [0.1, 0.15) is 12.0 Å². The van der Waals surface area contributed by atoms with E-state index >= 15 is 0 Å². The average Bonchev–Trinajstić information content (AvgIpc) is 2.76. The van der Waals surface area contributed by atoms with Gasteiger partial charge in [0.1, 0.15) is 0 Å². The van der Waals surface area contributed by atoms with Gasteiger partial charge in [-0.05, 0) is 12.0 Å². The van der Waals surface area contributed by atoms with Crippen molar-refractivity contribution in [3.05, 3.63) is 42.0 Å². The Hall–Kier alpha value is -1.22. The zero-order valence-electron chi connectivity index (χ0n) is 8.85. The molecule has 2 nitrogen and oxygen atoms in total. The quantitative estimate of drug-likeness (QED) is 0.803.